The fraction of sp³-hybridized carbons (Fsp3) is 0.500. The third kappa shape index (κ3) is 4.58. The topological polar surface area (TPSA) is 12.0 Å². The van der Waals surface area contributed by atoms with Crippen molar-refractivity contribution in [3.63, 3.8) is 0 Å². The van der Waals surface area contributed by atoms with Crippen LogP contribution in [0.15, 0.2) is 22.7 Å². The third-order valence-corrected chi connectivity index (χ3v) is 3.01. The molecule has 0 saturated heterocycles. The first kappa shape index (κ1) is 14.4. The standard InChI is InChI=1S/C12H15BrF3N/c1-8(2)5-6-17-9-3-4-11(13)10(7-9)12(14,15)16/h3-4,7-8,17H,5-6H2,1-2H3. The summed E-state index contributed by atoms with van der Waals surface area (Å²) < 4.78 is 37.9. The van der Waals surface area contributed by atoms with E-state index < -0.39 is 11.7 Å². The highest BCUT2D eigenvalue weighted by Gasteiger charge is 2.33. The van der Waals surface area contributed by atoms with Crippen molar-refractivity contribution in [2.75, 3.05) is 11.9 Å². The van der Waals surface area contributed by atoms with Crippen molar-refractivity contribution in [1.29, 1.82) is 0 Å². The van der Waals surface area contributed by atoms with Gasteiger partial charge in [-0.1, -0.05) is 29.8 Å². The summed E-state index contributed by atoms with van der Waals surface area (Å²) in [4.78, 5) is 0. The summed E-state index contributed by atoms with van der Waals surface area (Å²) in [5.41, 5.74) is -0.145. The lowest BCUT2D eigenvalue weighted by atomic mass is 10.1. The van der Waals surface area contributed by atoms with Gasteiger partial charge in [0.2, 0.25) is 0 Å². The maximum absolute atomic E-state index is 12.6. The second-order valence-electron chi connectivity index (χ2n) is 4.30. The Morgan fingerprint density at radius 3 is 2.47 bits per heavy atom. The van der Waals surface area contributed by atoms with E-state index in [1.165, 1.54) is 6.07 Å². The van der Waals surface area contributed by atoms with E-state index in [4.69, 9.17) is 0 Å². The monoisotopic (exact) mass is 309 g/mol. The highest BCUT2D eigenvalue weighted by atomic mass is 79.9. The van der Waals surface area contributed by atoms with Gasteiger partial charge in [0.1, 0.15) is 0 Å². The minimum absolute atomic E-state index is 0.0689. The molecule has 5 heteroatoms. The van der Waals surface area contributed by atoms with E-state index in [9.17, 15) is 13.2 Å². The van der Waals surface area contributed by atoms with Gasteiger partial charge in [0, 0.05) is 16.7 Å². The highest BCUT2D eigenvalue weighted by Crippen LogP contribution is 2.36. The average molecular weight is 310 g/mol. The van der Waals surface area contributed by atoms with Gasteiger partial charge in [0.05, 0.1) is 5.56 Å². The lowest BCUT2D eigenvalue weighted by Gasteiger charge is -2.13. The first-order valence-electron chi connectivity index (χ1n) is 5.41. The zero-order valence-corrected chi connectivity index (χ0v) is 11.3. The van der Waals surface area contributed by atoms with Gasteiger partial charge in [-0.3, -0.25) is 0 Å². The number of benzene rings is 1. The number of halogens is 4. The molecule has 0 unspecified atom stereocenters. The van der Waals surface area contributed by atoms with E-state index in [1.807, 2.05) is 0 Å². The molecular weight excluding hydrogens is 295 g/mol. The van der Waals surface area contributed by atoms with Crippen molar-refractivity contribution in [1.82, 2.24) is 0 Å². The lowest BCUT2D eigenvalue weighted by Crippen LogP contribution is -2.09. The first-order valence-corrected chi connectivity index (χ1v) is 6.20. The molecular formula is C12H15BrF3N. The molecule has 1 rings (SSSR count). The molecule has 0 aliphatic carbocycles. The summed E-state index contributed by atoms with van der Waals surface area (Å²) in [7, 11) is 0. The highest BCUT2D eigenvalue weighted by molar-refractivity contribution is 9.10. The Morgan fingerprint density at radius 2 is 1.94 bits per heavy atom. The van der Waals surface area contributed by atoms with Crippen LogP contribution in [0.3, 0.4) is 0 Å². The molecule has 0 radical (unpaired) electrons. The van der Waals surface area contributed by atoms with Crippen molar-refractivity contribution >= 4 is 21.6 Å². The molecule has 1 aromatic carbocycles. The maximum Gasteiger partial charge on any atom is 0.417 e. The van der Waals surface area contributed by atoms with Crippen LogP contribution in [0.25, 0.3) is 0 Å². The summed E-state index contributed by atoms with van der Waals surface area (Å²) in [6.07, 6.45) is -3.40. The normalized spacial score (nSPS) is 11.9. The molecule has 0 bridgehead atoms. The van der Waals surface area contributed by atoms with Crippen LogP contribution in [0.2, 0.25) is 0 Å². The van der Waals surface area contributed by atoms with Gasteiger partial charge in [0.15, 0.2) is 0 Å². The number of rotatable bonds is 4. The van der Waals surface area contributed by atoms with Gasteiger partial charge >= 0.3 is 6.18 Å². The number of hydrogen-bond donors (Lipinski definition) is 1. The molecule has 0 aromatic heterocycles. The van der Waals surface area contributed by atoms with Crippen molar-refractivity contribution < 1.29 is 13.2 Å². The summed E-state index contributed by atoms with van der Waals surface area (Å²) in [6.45, 7) is 4.82. The Balaban J connectivity index is 2.76. The molecule has 1 nitrogen and oxygen atoms in total. The number of alkyl halides is 3. The van der Waals surface area contributed by atoms with Gasteiger partial charge in [0.25, 0.3) is 0 Å². The van der Waals surface area contributed by atoms with Crippen LogP contribution < -0.4 is 5.32 Å². The van der Waals surface area contributed by atoms with Crippen molar-refractivity contribution in [2.24, 2.45) is 5.92 Å². The Kier molecular flexibility index (Phi) is 4.86. The number of hydrogen-bond acceptors (Lipinski definition) is 1. The quantitative estimate of drug-likeness (QED) is 0.832. The molecule has 0 aliphatic rings. The molecule has 0 heterocycles. The lowest BCUT2D eigenvalue weighted by molar-refractivity contribution is -0.138. The predicted octanol–water partition coefficient (Wildman–Crippen LogP) is 4.93. The molecule has 0 aliphatic heterocycles. The van der Waals surface area contributed by atoms with Crippen LogP contribution >= 0.6 is 15.9 Å². The van der Waals surface area contributed by atoms with Crippen LogP contribution in [0.4, 0.5) is 18.9 Å². The van der Waals surface area contributed by atoms with Crippen molar-refractivity contribution in [2.45, 2.75) is 26.4 Å². The SMILES string of the molecule is CC(C)CCNc1ccc(Br)c(C(F)(F)F)c1. The Labute approximate surface area is 108 Å². The first-order chi connectivity index (χ1) is 7.80. The van der Waals surface area contributed by atoms with Gasteiger partial charge in [-0.15, -0.1) is 0 Å². The van der Waals surface area contributed by atoms with Crippen molar-refractivity contribution in [3.8, 4) is 0 Å². The van der Waals surface area contributed by atoms with Gasteiger partial charge in [-0.05, 0) is 30.5 Å². The van der Waals surface area contributed by atoms with Gasteiger partial charge < -0.3 is 5.32 Å². The van der Waals surface area contributed by atoms with Crippen LogP contribution in [0.1, 0.15) is 25.8 Å². The summed E-state index contributed by atoms with van der Waals surface area (Å²) >= 11 is 2.91. The number of anilines is 1. The Hall–Kier alpha value is -0.710. The molecule has 1 aromatic rings. The molecule has 0 fully saturated rings. The van der Waals surface area contributed by atoms with E-state index in [2.05, 4.69) is 35.1 Å². The smallest absolute Gasteiger partial charge is 0.385 e. The Bertz CT molecular complexity index is 375. The fourth-order valence-corrected chi connectivity index (χ4v) is 1.83. The molecule has 96 valence electrons. The molecule has 0 saturated carbocycles. The van der Waals surface area contributed by atoms with E-state index in [0.717, 1.165) is 12.5 Å². The zero-order chi connectivity index (χ0) is 13.1. The second-order valence-corrected chi connectivity index (χ2v) is 5.16. The largest absolute Gasteiger partial charge is 0.417 e. The van der Waals surface area contributed by atoms with Crippen LogP contribution in [0.5, 0.6) is 0 Å². The van der Waals surface area contributed by atoms with E-state index in [-0.39, 0.29) is 4.47 Å². The van der Waals surface area contributed by atoms with E-state index >= 15 is 0 Å². The van der Waals surface area contributed by atoms with E-state index in [1.54, 1.807) is 6.07 Å². The molecule has 0 amide bonds. The van der Waals surface area contributed by atoms with Crippen LogP contribution in [0, 0.1) is 5.92 Å². The minimum atomic E-state index is -4.32. The molecule has 1 N–H and O–H groups in total. The minimum Gasteiger partial charge on any atom is -0.385 e. The summed E-state index contributed by atoms with van der Waals surface area (Å²) in [6, 6.07) is 4.19. The summed E-state index contributed by atoms with van der Waals surface area (Å²) in [5.74, 6) is 0.528. The average Bonchev–Trinajstić information content (AvgIpc) is 2.18. The second kappa shape index (κ2) is 5.76. The van der Waals surface area contributed by atoms with Gasteiger partial charge in [-0.2, -0.15) is 13.2 Å². The third-order valence-electron chi connectivity index (χ3n) is 2.32. The molecule has 0 atom stereocenters. The zero-order valence-electron chi connectivity index (χ0n) is 9.74. The Morgan fingerprint density at radius 1 is 1.29 bits per heavy atom. The van der Waals surface area contributed by atoms with Crippen molar-refractivity contribution in [3.05, 3.63) is 28.2 Å². The van der Waals surface area contributed by atoms with E-state index in [0.29, 0.717) is 18.2 Å². The predicted molar refractivity (Wildman–Crippen MR) is 67.1 cm³/mol. The maximum atomic E-state index is 12.6. The summed E-state index contributed by atoms with van der Waals surface area (Å²) in [5, 5.41) is 2.99. The van der Waals surface area contributed by atoms with Crippen LogP contribution in [-0.2, 0) is 6.18 Å². The molecule has 0 spiro atoms. The molecule has 17 heavy (non-hydrogen) atoms. The van der Waals surface area contributed by atoms with Gasteiger partial charge in [-0.25, -0.2) is 0 Å². The number of nitrogens with one attached hydrogen (secondary N) is 1. The fourth-order valence-electron chi connectivity index (χ4n) is 1.36. The van der Waals surface area contributed by atoms with Crippen LogP contribution in [-0.4, -0.2) is 6.54 Å².